The number of hydrogen-bond acceptors (Lipinski definition) is 5. The molecular weight excluding hydrogens is 270 g/mol. The smallest absolute Gasteiger partial charge is 0.251 e. The van der Waals surface area contributed by atoms with E-state index in [1.807, 2.05) is 6.07 Å². The zero-order valence-electron chi connectivity index (χ0n) is 13.0. The number of nitrogens with zero attached hydrogens (tertiary/aromatic N) is 1. The zero-order chi connectivity index (χ0) is 15.7. The quantitative estimate of drug-likeness (QED) is 0.527. The van der Waals surface area contributed by atoms with Crippen LogP contribution < -0.4 is 16.0 Å². The number of hydrogen-bond donors (Lipinski definition) is 2. The maximum Gasteiger partial charge on any atom is 0.251 e. The van der Waals surface area contributed by atoms with Crippen molar-refractivity contribution in [3.63, 3.8) is 0 Å². The second-order valence-corrected chi connectivity index (χ2v) is 4.68. The fourth-order valence-electron chi connectivity index (χ4n) is 2.06. The van der Waals surface area contributed by atoms with Gasteiger partial charge < -0.3 is 25.4 Å². The fraction of sp³-hybridized carbons (Fsp3) is 0.533. The number of benzene rings is 1. The lowest BCUT2D eigenvalue weighted by molar-refractivity contribution is 0.0963. The zero-order valence-corrected chi connectivity index (χ0v) is 13.0. The Bertz CT molecular complexity index is 452. The number of nitrogen functional groups attached to an aromatic ring is 1. The Balaban J connectivity index is 2.95. The third-order valence-electron chi connectivity index (χ3n) is 3.20. The highest BCUT2D eigenvalue weighted by molar-refractivity contribution is 5.96. The Morgan fingerprint density at radius 3 is 2.57 bits per heavy atom. The molecule has 0 bridgehead atoms. The molecule has 0 heterocycles. The third-order valence-corrected chi connectivity index (χ3v) is 3.20. The van der Waals surface area contributed by atoms with Gasteiger partial charge in [-0.2, -0.15) is 0 Å². The molecule has 3 N–H and O–H groups in total. The van der Waals surface area contributed by atoms with E-state index in [0.29, 0.717) is 31.0 Å². The first kappa shape index (κ1) is 17.3. The minimum Gasteiger partial charge on any atom is -0.397 e. The van der Waals surface area contributed by atoms with Crippen molar-refractivity contribution in [2.75, 3.05) is 58.2 Å². The highest BCUT2D eigenvalue weighted by atomic mass is 16.5. The number of nitrogens with two attached hydrogens (primary N) is 1. The Kier molecular flexibility index (Phi) is 7.56. The van der Waals surface area contributed by atoms with Gasteiger partial charge in [-0.3, -0.25) is 4.79 Å². The third kappa shape index (κ3) is 5.24. The van der Waals surface area contributed by atoms with Crippen molar-refractivity contribution in [2.24, 2.45) is 0 Å². The van der Waals surface area contributed by atoms with Crippen LogP contribution in [0.2, 0.25) is 0 Å². The van der Waals surface area contributed by atoms with Crippen LogP contribution in [0.15, 0.2) is 18.2 Å². The molecule has 0 fully saturated rings. The Morgan fingerprint density at radius 2 is 1.95 bits per heavy atom. The molecule has 1 aromatic rings. The summed E-state index contributed by atoms with van der Waals surface area (Å²) in [5, 5.41) is 2.62. The average Bonchev–Trinajstić information content (AvgIpc) is 2.50. The number of anilines is 2. The molecule has 0 spiro atoms. The molecule has 6 heteroatoms. The van der Waals surface area contributed by atoms with Gasteiger partial charge in [0.2, 0.25) is 0 Å². The van der Waals surface area contributed by atoms with Crippen molar-refractivity contribution in [2.45, 2.75) is 6.42 Å². The van der Waals surface area contributed by atoms with E-state index >= 15 is 0 Å². The van der Waals surface area contributed by atoms with Gasteiger partial charge in [0.1, 0.15) is 0 Å². The monoisotopic (exact) mass is 295 g/mol. The van der Waals surface area contributed by atoms with Gasteiger partial charge >= 0.3 is 0 Å². The topological polar surface area (TPSA) is 76.8 Å². The Labute approximate surface area is 126 Å². The number of rotatable bonds is 9. The van der Waals surface area contributed by atoms with Gasteiger partial charge in [0.15, 0.2) is 0 Å². The lowest BCUT2D eigenvalue weighted by atomic mass is 10.1. The van der Waals surface area contributed by atoms with E-state index in [0.717, 1.165) is 18.7 Å². The van der Waals surface area contributed by atoms with Crippen LogP contribution in [-0.2, 0) is 9.47 Å². The van der Waals surface area contributed by atoms with Gasteiger partial charge in [-0.15, -0.1) is 0 Å². The molecule has 0 aliphatic heterocycles. The molecule has 0 atom stereocenters. The molecule has 0 radical (unpaired) electrons. The van der Waals surface area contributed by atoms with Crippen molar-refractivity contribution in [1.29, 1.82) is 0 Å². The summed E-state index contributed by atoms with van der Waals surface area (Å²) in [6.45, 7) is 2.77. The molecule has 0 saturated carbocycles. The number of carbonyl (C=O) groups is 1. The summed E-state index contributed by atoms with van der Waals surface area (Å²) < 4.78 is 10.2. The minimum atomic E-state index is -0.125. The van der Waals surface area contributed by atoms with Gasteiger partial charge in [0.05, 0.1) is 18.0 Å². The predicted octanol–water partition coefficient (Wildman–Crippen LogP) is 1.12. The average molecular weight is 295 g/mol. The van der Waals surface area contributed by atoms with Crippen molar-refractivity contribution in [3.05, 3.63) is 23.8 Å². The minimum absolute atomic E-state index is 0.125. The van der Waals surface area contributed by atoms with Crippen LogP contribution in [0.5, 0.6) is 0 Å². The van der Waals surface area contributed by atoms with E-state index in [2.05, 4.69) is 10.2 Å². The second kappa shape index (κ2) is 9.20. The molecule has 0 aliphatic carbocycles. The largest absolute Gasteiger partial charge is 0.397 e. The molecular formula is C15H25N3O3. The van der Waals surface area contributed by atoms with Crippen LogP contribution in [0.1, 0.15) is 16.8 Å². The number of methoxy groups -OCH3 is 2. The number of ether oxygens (including phenoxy) is 2. The van der Waals surface area contributed by atoms with Gasteiger partial charge in [-0.05, 0) is 24.6 Å². The van der Waals surface area contributed by atoms with Crippen LogP contribution in [0.25, 0.3) is 0 Å². The van der Waals surface area contributed by atoms with Gasteiger partial charge in [0, 0.05) is 46.5 Å². The molecule has 1 rings (SSSR count). The Morgan fingerprint density at radius 1 is 1.24 bits per heavy atom. The Hall–Kier alpha value is -1.79. The lowest BCUT2D eigenvalue weighted by Gasteiger charge is -2.26. The van der Waals surface area contributed by atoms with Crippen LogP contribution >= 0.6 is 0 Å². The van der Waals surface area contributed by atoms with Crippen LogP contribution in [0.4, 0.5) is 11.4 Å². The fourth-order valence-corrected chi connectivity index (χ4v) is 2.06. The lowest BCUT2D eigenvalue weighted by Crippen LogP contribution is -2.30. The second-order valence-electron chi connectivity index (χ2n) is 4.68. The maximum atomic E-state index is 11.8. The predicted molar refractivity (Wildman–Crippen MR) is 84.8 cm³/mol. The summed E-state index contributed by atoms with van der Waals surface area (Å²) in [6, 6.07) is 5.30. The van der Waals surface area contributed by atoms with Gasteiger partial charge in [0.25, 0.3) is 5.91 Å². The molecule has 0 aliphatic rings. The first-order chi connectivity index (χ1) is 10.1. The van der Waals surface area contributed by atoms with Crippen molar-refractivity contribution in [1.82, 2.24) is 5.32 Å². The van der Waals surface area contributed by atoms with Crippen LogP contribution in [-0.4, -0.2) is 53.5 Å². The summed E-state index contributed by atoms with van der Waals surface area (Å²) in [5.74, 6) is -0.125. The van der Waals surface area contributed by atoms with Crippen LogP contribution in [0.3, 0.4) is 0 Å². The molecule has 1 amide bonds. The number of carbonyl (C=O) groups excluding carboxylic acids is 1. The normalized spacial score (nSPS) is 10.4. The van der Waals surface area contributed by atoms with Crippen molar-refractivity contribution < 1.29 is 14.3 Å². The van der Waals surface area contributed by atoms with Crippen molar-refractivity contribution in [3.8, 4) is 0 Å². The molecule has 0 saturated heterocycles. The first-order valence-electron chi connectivity index (χ1n) is 6.98. The summed E-state index contributed by atoms with van der Waals surface area (Å²) >= 11 is 0. The highest BCUT2D eigenvalue weighted by Gasteiger charge is 2.13. The standard InChI is InChI=1S/C15H25N3O3/c1-17-15(19)12-5-6-13(16)14(11-12)18(8-10-21-3)7-4-9-20-2/h5-6,11H,4,7-10,16H2,1-3H3,(H,17,19). The molecule has 0 unspecified atom stereocenters. The van der Waals surface area contributed by atoms with Crippen LogP contribution in [0, 0.1) is 0 Å². The highest BCUT2D eigenvalue weighted by Crippen LogP contribution is 2.25. The summed E-state index contributed by atoms with van der Waals surface area (Å²) in [7, 11) is 4.96. The maximum absolute atomic E-state index is 11.8. The molecule has 0 aromatic heterocycles. The summed E-state index contributed by atoms with van der Waals surface area (Å²) in [6.07, 6.45) is 0.879. The molecule has 21 heavy (non-hydrogen) atoms. The SMILES string of the molecule is CNC(=O)c1ccc(N)c(N(CCCOC)CCOC)c1. The summed E-state index contributed by atoms with van der Waals surface area (Å²) in [4.78, 5) is 13.9. The van der Waals surface area contributed by atoms with E-state index in [4.69, 9.17) is 15.2 Å². The molecule has 118 valence electrons. The van der Waals surface area contributed by atoms with E-state index in [1.165, 1.54) is 0 Å². The van der Waals surface area contributed by atoms with Crippen molar-refractivity contribution >= 4 is 17.3 Å². The molecule has 1 aromatic carbocycles. The van der Waals surface area contributed by atoms with E-state index in [1.54, 1.807) is 33.4 Å². The first-order valence-corrected chi connectivity index (χ1v) is 6.98. The number of amides is 1. The van der Waals surface area contributed by atoms with E-state index < -0.39 is 0 Å². The molecule has 6 nitrogen and oxygen atoms in total. The summed E-state index contributed by atoms with van der Waals surface area (Å²) in [5.41, 5.74) is 8.16. The van der Waals surface area contributed by atoms with E-state index in [9.17, 15) is 4.79 Å². The van der Waals surface area contributed by atoms with Gasteiger partial charge in [-0.25, -0.2) is 0 Å². The number of nitrogens with one attached hydrogen (secondary N) is 1. The van der Waals surface area contributed by atoms with E-state index in [-0.39, 0.29) is 5.91 Å². The van der Waals surface area contributed by atoms with Gasteiger partial charge in [-0.1, -0.05) is 0 Å².